The third kappa shape index (κ3) is 4.21. The standard InChI is InChI=1S/C21H16F2N2O3/c22-17-10-9-15(12-18(17)23)20(26)24-16-8-4-7-14(11-16)19(21(27)25-28)13-5-2-1-3-6-13/h1-12,19,28H,(H,24,26)(H,25,27). The van der Waals surface area contributed by atoms with Crippen LogP contribution in [-0.4, -0.2) is 17.0 Å². The summed E-state index contributed by atoms with van der Waals surface area (Å²) in [5, 5.41) is 11.7. The molecule has 3 aromatic rings. The van der Waals surface area contributed by atoms with Crippen LogP contribution in [0.3, 0.4) is 0 Å². The van der Waals surface area contributed by atoms with E-state index in [1.54, 1.807) is 60.1 Å². The molecule has 1 unspecified atom stereocenters. The fourth-order valence-corrected chi connectivity index (χ4v) is 2.84. The van der Waals surface area contributed by atoms with Gasteiger partial charge < -0.3 is 5.32 Å². The first-order chi connectivity index (χ1) is 13.5. The second-order valence-corrected chi connectivity index (χ2v) is 6.03. The number of benzene rings is 3. The van der Waals surface area contributed by atoms with Gasteiger partial charge in [0.1, 0.15) is 0 Å². The van der Waals surface area contributed by atoms with Crippen LogP contribution in [0.4, 0.5) is 14.5 Å². The lowest BCUT2D eigenvalue weighted by molar-refractivity contribution is -0.129. The number of carbonyl (C=O) groups is 2. The molecule has 0 aliphatic carbocycles. The molecule has 142 valence electrons. The predicted molar refractivity (Wildman–Crippen MR) is 99.0 cm³/mol. The Balaban J connectivity index is 1.89. The van der Waals surface area contributed by atoms with Gasteiger partial charge >= 0.3 is 0 Å². The number of halogens is 2. The van der Waals surface area contributed by atoms with Crippen LogP contribution in [0.2, 0.25) is 0 Å². The summed E-state index contributed by atoms with van der Waals surface area (Å²) in [5.41, 5.74) is 3.15. The molecule has 1 atom stereocenters. The molecule has 0 aliphatic heterocycles. The van der Waals surface area contributed by atoms with Crippen LogP contribution in [0.15, 0.2) is 72.8 Å². The van der Waals surface area contributed by atoms with Crippen molar-refractivity contribution in [1.29, 1.82) is 0 Å². The van der Waals surface area contributed by atoms with Gasteiger partial charge in [0.25, 0.3) is 11.8 Å². The highest BCUT2D eigenvalue weighted by Crippen LogP contribution is 2.27. The highest BCUT2D eigenvalue weighted by atomic mass is 19.2. The maximum absolute atomic E-state index is 13.3. The summed E-state index contributed by atoms with van der Waals surface area (Å²) in [4.78, 5) is 24.5. The Bertz CT molecular complexity index is 1010. The van der Waals surface area contributed by atoms with E-state index in [0.717, 1.165) is 12.1 Å². The highest BCUT2D eigenvalue weighted by molar-refractivity contribution is 6.04. The largest absolute Gasteiger partial charge is 0.322 e. The Labute approximate surface area is 159 Å². The van der Waals surface area contributed by atoms with E-state index in [0.29, 0.717) is 16.8 Å². The molecule has 0 fully saturated rings. The second kappa shape index (κ2) is 8.41. The lowest BCUT2D eigenvalue weighted by Crippen LogP contribution is -2.27. The quantitative estimate of drug-likeness (QED) is 0.463. The zero-order valence-corrected chi connectivity index (χ0v) is 14.5. The van der Waals surface area contributed by atoms with Crippen LogP contribution < -0.4 is 10.8 Å². The minimum atomic E-state index is -1.12. The molecule has 3 N–H and O–H groups in total. The maximum Gasteiger partial charge on any atom is 0.255 e. The minimum Gasteiger partial charge on any atom is -0.322 e. The molecular weight excluding hydrogens is 366 g/mol. The zero-order chi connectivity index (χ0) is 20.1. The predicted octanol–water partition coefficient (Wildman–Crippen LogP) is 3.85. The van der Waals surface area contributed by atoms with E-state index in [4.69, 9.17) is 5.21 Å². The van der Waals surface area contributed by atoms with Gasteiger partial charge in [-0.25, -0.2) is 14.3 Å². The van der Waals surface area contributed by atoms with Gasteiger partial charge in [0.15, 0.2) is 11.6 Å². The maximum atomic E-state index is 13.3. The van der Waals surface area contributed by atoms with Gasteiger partial charge in [-0.3, -0.25) is 14.8 Å². The first-order valence-corrected chi connectivity index (χ1v) is 8.35. The third-order valence-electron chi connectivity index (χ3n) is 4.16. The fraction of sp³-hybridized carbons (Fsp3) is 0.0476. The van der Waals surface area contributed by atoms with E-state index in [-0.39, 0.29) is 5.56 Å². The molecule has 0 saturated carbocycles. The summed E-state index contributed by atoms with van der Waals surface area (Å²) in [7, 11) is 0. The van der Waals surface area contributed by atoms with Crippen molar-refractivity contribution in [3.63, 3.8) is 0 Å². The van der Waals surface area contributed by atoms with E-state index < -0.39 is 29.4 Å². The van der Waals surface area contributed by atoms with Crippen molar-refractivity contribution in [3.8, 4) is 0 Å². The van der Waals surface area contributed by atoms with Gasteiger partial charge in [0.2, 0.25) is 0 Å². The Kier molecular flexibility index (Phi) is 5.76. The van der Waals surface area contributed by atoms with Gasteiger partial charge in [0.05, 0.1) is 5.92 Å². The lowest BCUT2D eigenvalue weighted by Gasteiger charge is -2.17. The normalized spacial score (nSPS) is 11.5. The zero-order valence-electron chi connectivity index (χ0n) is 14.5. The van der Waals surface area contributed by atoms with Crippen molar-refractivity contribution < 1.29 is 23.6 Å². The molecule has 0 aliphatic rings. The Morgan fingerprint density at radius 1 is 0.821 bits per heavy atom. The van der Waals surface area contributed by atoms with Crippen LogP contribution in [0.1, 0.15) is 27.4 Å². The van der Waals surface area contributed by atoms with Crippen molar-refractivity contribution in [2.75, 3.05) is 5.32 Å². The van der Waals surface area contributed by atoms with E-state index in [1.807, 2.05) is 0 Å². The number of hydroxylamine groups is 1. The molecule has 0 saturated heterocycles. The molecule has 0 bridgehead atoms. The molecule has 5 nitrogen and oxygen atoms in total. The summed E-state index contributed by atoms with van der Waals surface area (Å²) < 4.78 is 26.4. The molecule has 3 aromatic carbocycles. The average molecular weight is 382 g/mol. The van der Waals surface area contributed by atoms with Crippen molar-refractivity contribution in [3.05, 3.63) is 101 Å². The average Bonchev–Trinajstić information content (AvgIpc) is 2.71. The smallest absolute Gasteiger partial charge is 0.255 e. The summed E-state index contributed by atoms with van der Waals surface area (Å²) in [6, 6.07) is 18.2. The van der Waals surface area contributed by atoms with Crippen molar-refractivity contribution in [2.45, 2.75) is 5.92 Å². The third-order valence-corrected chi connectivity index (χ3v) is 4.16. The van der Waals surface area contributed by atoms with Gasteiger partial charge in [-0.1, -0.05) is 42.5 Å². The van der Waals surface area contributed by atoms with Gasteiger partial charge in [0, 0.05) is 11.3 Å². The minimum absolute atomic E-state index is 0.0444. The van der Waals surface area contributed by atoms with Crippen molar-refractivity contribution in [2.24, 2.45) is 0 Å². The van der Waals surface area contributed by atoms with E-state index in [1.165, 1.54) is 6.07 Å². The van der Waals surface area contributed by atoms with Crippen LogP contribution in [0.25, 0.3) is 0 Å². The number of hydrogen-bond acceptors (Lipinski definition) is 3. The van der Waals surface area contributed by atoms with Crippen LogP contribution in [-0.2, 0) is 4.79 Å². The number of carbonyl (C=O) groups excluding carboxylic acids is 2. The van der Waals surface area contributed by atoms with Gasteiger partial charge in [-0.15, -0.1) is 0 Å². The summed E-state index contributed by atoms with van der Waals surface area (Å²) in [6.45, 7) is 0. The van der Waals surface area contributed by atoms with Crippen LogP contribution in [0, 0.1) is 11.6 Å². The number of rotatable bonds is 5. The van der Waals surface area contributed by atoms with Crippen molar-refractivity contribution >= 4 is 17.5 Å². The molecule has 2 amide bonds. The molecule has 0 radical (unpaired) electrons. The topological polar surface area (TPSA) is 78.4 Å². The van der Waals surface area contributed by atoms with Crippen molar-refractivity contribution in [1.82, 2.24) is 5.48 Å². The molecule has 0 spiro atoms. The molecule has 28 heavy (non-hydrogen) atoms. The fourth-order valence-electron chi connectivity index (χ4n) is 2.84. The molecule has 3 rings (SSSR count). The second-order valence-electron chi connectivity index (χ2n) is 6.03. The monoisotopic (exact) mass is 382 g/mol. The summed E-state index contributed by atoms with van der Waals surface area (Å²) >= 11 is 0. The summed E-state index contributed by atoms with van der Waals surface area (Å²) in [6.07, 6.45) is 0. The van der Waals surface area contributed by atoms with Gasteiger partial charge in [-0.05, 0) is 41.5 Å². The number of anilines is 1. The van der Waals surface area contributed by atoms with Gasteiger partial charge in [-0.2, -0.15) is 0 Å². The van der Waals surface area contributed by atoms with E-state index >= 15 is 0 Å². The molecule has 7 heteroatoms. The SMILES string of the molecule is O=C(Nc1cccc(C(C(=O)NO)c2ccccc2)c1)c1ccc(F)c(F)c1. The highest BCUT2D eigenvalue weighted by Gasteiger charge is 2.22. The Morgan fingerprint density at radius 3 is 2.21 bits per heavy atom. The number of hydrogen-bond donors (Lipinski definition) is 3. The van der Waals surface area contributed by atoms with Crippen LogP contribution >= 0.6 is 0 Å². The van der Waals surface area contributed by atoms with E-state index in [2.05, 4.69) is 5.32 Å². The lowest BCUT2D eigenvalue weighted by atomic mass is 9.90. The van der Waals surface area contributed by atoms with E-state index in [9.17, 15) is 18.4 Å². The molecular formula is C21H16F2N2O3. The molecule has 0 aromatic heterocycles. The Hall–Kier alpha value is -3.58. The van der Waals surface area contributed by atoms with Crippen LogP contribution in [0.5, 0.6) is 0 Å². The summed E-state index contributed by atoms with van der Waals surface area (Å²) in [5.74, 6) is -4.22. The Morgan fingerprint density at radius 2 is 1.54 bits per heavy atom. The number of amides is 2. The molecule has 0 heterocycles. The first kappa shape index (κ1) is 19.2. The first-order valence-electron chi connectivity index (χ1n) is 8.35. The number of nitrogens with one attached hydrogen (secondary N) is 2.